The van der Waals surface area contributed by atoms with Crippen molar-refractivity contribution in [3.63, 3.8) is 0 Å². The van der Waals surface area contributed by atoms with E-state index < -0.39 is 12.0 Å². The fourth-order valence-corrected chi connectivity index (χ4v) is 1.84. The summed E-state index contributed by atoms with van der Waals surface area (Å²) in [6, 6.07) is 9.14. The molecule has 0 saturated heterocycles. The average molecular weight is 292 g/mol. The monoisotopic (exact) mass is 292 g/mol. The first kappa shape index (κ1) is 17.2. The van der Waals surface area contributed by atoms with E-state index in [-0.39, 0.29) is 18.5 Å². The largest absolute Gasteiger partial charge is 0.467 e. The Morgan fingerprint density at radius 2 is 1.90 bits per heavy atom. The highest BCUT2D eigenvalue weighted by molar-refractivity contribution is 5.85. The Balaban J connectivity index is 2.58. The molecule has 0 bridgehead atoms. The van der Waals surface area contributed by atoms with E-state index in [1.165, 1.54) is 7.11 Å². The van der Waals surface area contributed by atoms with Crippen molar-refractivity contribution in [3.8, 4) is 0 Å². The van der Waals surface area contributed by atoms with Crippen molar-refractivity contribution in [1.29, 1.82) is 0 Å². The maximum absolute atomic E-state index is 11.9. The highest BCUT2D eigenvalue weighted by Gasteiger charge is 2.21. The van der Waals surface area contributed by atoms with Crippen molar-refractivity contribution in [1.82, 2.24) is 10.6 Å². The van der Waals surface area contributed by atoms with Crippen LogP contribution in [0.1, 0.15) is 25.8 Å². The van der Waals surface area contributed by atoms with Gasteiger partial charge in [-0.25, -0.2) is 4.79 Å². The zero-order valence-electron chi connectivity index (χ0n) is 12.9. The van der Waals surface area contributed by atoms with Crippen LogP contribution in [0.25, 0.3) is 0 Å². The van der Waals surface area contributed by atoms with Gasteiger partial charge in [-0.15, -0.1) is 0 Å². The molecule has 0 heterocycles. The number of benzene rings is 1. The summed E-state index contributed by atoms with van der Waals surface area (Å²) in [4.78, 5) is 23.7. The number of amides is 1. The molecule has 2 unspecified atom stereocenters. The smallest absolute Gasteiger partial charge is 0.328 e. The normalized spacial score (nSPS) is 13.3. The zero-order chi connectivity index (χ0) is 15.7. The van der Waals surface area contributed by atoms with Crippen LogP contribution in [0.3, 0.4) is 0 Å². The SMILES string of the molecule is CCC(C)NCC(=O)NC(Cc1ccccc1)C(=O)OC. The Bertz CT molecular complexity index is 448. The topological polar surface area (TPSA) is 67.4 Å². The molecule has 1 aromatic carbocycles. The van der Waals surface area contributed by atoms with E-state index in [2.05, 4.69) is 10.6 Å². The molecule has 0 fully saturated rings. The maximum Gasteiger partial charge on any atom is 0.328 e. The molecule has 0 aromatic heterocycles. The second-order valence-corrected chi connectivity index (χ2v) is 5.02. The molecule has 0 saturated carbocycles. The Kier molecular flexibility index (Phi) is 7.46. The van der Waals surface area contributed by atoms with Gasteiger partial charge in [0.2, 0.25) is 5.91 Å². The Labute approximate surface area is 126 Å². The first-order valence-corrected chi connectivity index (χ1v) is 7.21. The molecule has 5 heteroatoms. The van der Waals surface area contributed by atoms with E-state index in [1.54, 1.807) is 0 Å². The van der Waals surface area contributed by atoms with Crippen molar-refractivity contribution in [2.75, 3.05) is 13.7 Å². The van der Waals surface area contributed by atoms with Crippen LogP contribution in [0.15, 0.2) is 30.3 Å². The van der Waals surface area contributed by atoms with Crippen LogP contribution >= 0.6 is 0 Å². The predicted molar refractivity (Wildman–Crippen MR) is 81.8 cm³/mol. The van der Waals surface area contributed by atoms with Crippen molar-refractivity contribution in [3.05, 3.63) is 35.9 Å². The number of hydrogen-bond donors (Lipinski definition) is 2. The van der Waals surface area contributed by atoms with Crippen LogP contribution in [-0.2, 0) is 20.7 Å². The Morgan fingerprint density at radius 1 is 1.24 bits per heavy atom. The molecule has 5 nitrogen and oxygen atoms in total. The minimum Gasteiger partial charge on any atom is -0.467 e. The Morgan fingerprint density at radius 3 is 2.48 bits per heavy atom. The van der Waals surface area contributed by atoms with Gasteiger partial charge in [-0.1, -0.05) is 37.3 Å². The summed E-state index contributed by atoms with van der Waals surface area (Å²) in [6.07, 6.45) is 1.36. The third kappa shape index (κ3) is 6.40. The number of esters is 1. The second kappa shape index (κ2) is 9.13. The van der Waals surface area contributed by atoms with Crippen molar-refractivity contribution >= 4 is 11.9 Å². The number of ether oxygens (including phenoxy) is 1. The molecule has 2 N–H and O–H groups in total. The highest BCUT2D eigenvalue weighted by atomic mass is 16.5. The van der Waals surface area contributed by atoms with Crippen LogP contribution in [0.4, 0.5) is 0 Å². The van der Waals surface area contributed by atoms with Gasteiger partial charge >= 0.3 is 5.97 Å². The minimum absolute atomic E-state index is 0.192. The maximum atomic E-state index is 11.9. The van der Waals surface area contributed by atoms with E-state index in [9.17, 15) is 9.59 Å². The van der Waals surface area contributed by atoms with Gasteiger partial charge in [0.1, 0.15) is 6.04 Å². The molecule has 1 aromatic rings. The van der Waals surface area contributed by atoms with Crippen LogP contribution in [0.2, 0.25) is 0 Å². The highest BCUT2D eigenvalue weighted by Crippen LogP contribution is 2.04. The molecular weight excluding hydrogens is 268 g/mol. The summed E-state index contributed by atoms with van der Waals surface area (Å²) in [5.74, 6) is -0.641. The van der Waals surface area contributed by atoms with Gasteiger partial charge in [0, 0.05) is 12.5 Å². The van der Waals surface area contributed by atoms with Crippen LogP contribution in [-0.4, -0.2) is 37.6 Å². The van der Waals surface area contributed by atoms with Gasteiger partial charge in [-0.05, 0) is 18.9 Å². The van der Waals surface area contributed by atoms with Crippen molar-refractivity contribution < 1.29 is 14.3 Å². The predicted octanol–water partition coefficient (Wildman–Crippen LogP) is 1.27. The molecule has 21 heavy (non-hydrogen) atoms. The molecule has 0 aliphatic rings. The summed E-state index contributed by atoms with van der Waals surface area (Å²) in [5.41, 5.74) is 0.975. The van der Waals surface area contributed by atoms with E-state index in [1.807, 2.05) is 44.2 Å². The second-order valence-electron chi connectivity index (χ2n) is 5.02. The number of rotatable bonds is 8. The number of methoxy groups -OCH3 is 1. The number of carbonyl (C=O) groups excluding carboxylic acids is 2. The van der Waals surface area contributed by atoms with Crippen LogP contribution in [0.5, 0.6) is 0 Å². The lowest BCUT2D eigenvalue weighted by Crippen LogP contribution is -2.47. The standard InChI is InChI=1S/C16H24N2O3/c1-4-12(2)17-11-15(19)18-14(16(20)21-3)10-13-8-6-5-7-9-13/h5-9,12,14,17H,4,10-11H2,1-3H3,(H,18,19). The number of nitrogens with one attached hydrogen (secondary N) is 2. The molecule has 0 aliphatic heterocycles. The molecule has 0 spiro atoms. The van der Waals surface area contributed by atoms with Gasteiger partial charge in [-0.2, -0.15) is 0 Å². The molecule has 2 atom stereocenters. The molecule has 0 radical (unpaired) electrons. The summed E-state index contributed by atoms with van der Waals surface area (Å²) >= 11 is 0. The summed E-state index contributed by atoms with van der Waals surface area (Å²) < 4.78 is 4.76. The average Bonchev–Trinajstić information content (AvgIpc) is 2.52. The number of carbonyl (C=O) groups is 2. The minimum atomic E-state index is -0.663. The van der Waals surface area contributed by atoms with Gasteiger partial charge in [-0.3, -0.25) is 4.79 Å². The first-order valence-electron chi connectivity index (χ1n) is 7.21. The van der Waals surface area contributed by atoms with Gasteiger partial charge in [0.05, 0.1) is 13.7 Å². The van der Waals surface area contributed by atoms with Gasteiger partial charge in [0.25, 0.3) is 0 Å². The molecule has 1 amide bonds. The fraction of sp³-hybridized carbons (Fsp3) is 0.500. The molecule has 116 valence electrons. The molecule has 0 aliphatic carbocycles. The fourth-order valence-electron chi connectivity index (χ4n) is 1.84. The van der Waals surface area contributed by atoms with Crippen molar-refractivity contribution in [2.24, 2.45) is 0 Å². The lowest BCUT2D eigenvalue weighted by atomic mass is 10.1. The lowest BCUT2D eigenvalue weighted by Gasteiger charge is -2.18. The quantitative estimate of drug-likeness (QED) is 0.708. The van der Waals surface area contributed by atoms with Crippen molar-refractivity contribution in [2.45, 2.75) is 38.8 Å². The lowest BCUT2D eigenvalue weighted by molar-refractivity contribution is -0.144. The van der Waals surface area contributed by atoms with Gasteiger partial charge in [0.15, 0.2) is 0 Å². The summed E-state index contributed by atoms with van der Waals surface area (Å²) in [5, 5.41) is 5.81. The van der Waals surface area contributed by atoms with E-state index >= 15 is 0 Å². The Hall–Kier alpha value is -1.88. The summed E-state index contributed by atoms with van der Waals surface area (Å²) in [7, 11) is 1.32. The molecule has 1 rings (SSSR count). The van der Waals surface area contributed by atoms with E-state index in [0.717, 1.165) is 12.0 Å². The van der Waals surface area contributed by atoms with E-state index in [0.29, 0.717) is 6.42 Å². The summed E-state index contributed by atoms with van der Waals surface area (Å²) in [6.45, 7) is 4.24. The van der Waals surface area contributed by atoms with Crippen LogP contribution < -0.4 is 10.6 Å². The van der Waals surface area contributed by atoms with Crippen LogP contribution in [0, 0.1) is 0 Å². The zero-order valence-corrected chi connectivity index (χ0v) is 12.9. The first-order chi connectivity index (χ1) is 10.1. The van der Waals surface area contributed by atoms with Gasteiger partial charge < -0.3 is 15.4 Å². The molecular formula is C16H24N2O3. The third-order valence-electron chi connectivity index (χ3n) is 3.33. The third-order valence-corrected chi connectivity index (χ3v) is 3.33. The van der Waals surface area contributed by atoms with E-state index in [4.69, 9.17) is 4.74 Å². The number of hydrogen-bond acceptors (Lipinski definition) is 4.